The molecule has 1 aromatic carbocycles. The number of rotatable bonds is 7. The zero-order valence-electron chi connectivity index (χ0n) is 16.5. The van der Waals surface area contributed by atoms with Crippen molar-refractivity contribution in [3.63, 3.8) is 0 Å². The van der Waals surface area contributed by atoms with Gasteiger partial charge in [0, 0.05) is 20.1 Å². The largest absolute Gasteiger partial charge is 0.502 e. The number of aromatic hydroxyl groups is 1. The predicted octanol–water partition coefficient (Wildman–Crippen LogP) is 3.29. The molecule has 0 radical (unpaired) electrons. The van der Waals surface area contributed by atoms with Crippen molar-refractivity contribution < 1.29 is 14.6 Å². The minimum atomic E-state index is 0.0166. The highest BCUT2D eigenvalue weighted by Crippen LogP contribution is 2.37. The van der Waals surface area contributed by atoms with Crippen molar-refractivity contribution >= 4 is 5.96 Å². The lowest BCUT2D eigenvalue weighted by Crippen LogP contribution is -2.38. The quantitative estimate of drug-likeness (QED) is 0.512. The van der Waals surface area contributed by atoms with Crippen LogP contribution in [0, 0.1) is 11.8 Å². The number of hydrogen-bond donors (Lipinski definition) is 3. The number of phenolic OH excluding ortho intramolecular Hbond substituents is 1. The van der Waals surface area contributed by atoms with Gasteiger partial charge in [0.05, 0.1) is 14.2 Å². The molecule has 0 aliphatic heterocycles. The summed E-state index contributed by atoms with van der Waals surface area (Å²) in [6.45, 7) is 3.85. The molecular weight excluding hydrogens is 330 g/mol. The van der Waals surface area contributed by atoms with Gasteiger partial charge in [0.25, 0.3) is 0 Å². The lowest BCUT2D eigenvalue weighted by atomic mass is 9.81. The Hall–Kier alpha value is -2.11. The van der Waals surface area contributed by atoms with E-state index in [-0.39, 0.29) is 5.75 Å². The molecule has 0 amide bonds. The molecule has 2 unspecified atom stereocenters. The first-order chi connectivity index (χ1) is 12.6. The van der Waals surface area contributed by atoms with Crippen LogP contribution >= 0.6 is 0 Å². The van der Waals surface area contributed by atoms with Crippen molar-refractivity contribution in [2.75, 3.05) is 27.8 Å². The minimum absolute atomic E-state index is 0.0166. The van der Waals surface area contributed by atoms with Gasteiger partial charge in [-0.25, -0.2) is 0 Å². The molecule has 1 aliphatic carbocycles. The second-order valence-corrected chi connectivity index (χ2v) is 7.13. The molecule has 0 aromatic heterocycles. The van der Waals surface area contributed by atoms with Crippen molar-refractivity contribution in [3.8, 4) is 17.2 Å². The van der Waals surface area contributed by atoms with Gasteiger partial charge in [0.1, 0.15) is 0 Å². The average molecular weight is 364 g/mol. The summed E-state index contributed by atoms with van der Waals surface area (Å²) in [5, 5.41) is 16.7. The number of methoxy groups -OCH3 is 2. The van der Waals surface area contributed by atoms with Crippen LogP contribution in [-0.4, -0.2) is 38.9 Å². The third kappa shape index (κ3) is 5.71. The van der Waals surface area contributed by atoms with Gasteiger partial charge in [-0.15, -0.1) is 0 Å². The summed E-state index contributed by atoms with van der Waals surface area (Å²) in [5.74, 6) is 3.29. The summed E-state index contributed by atoms with van der Waals surface area (Å²) >= 11 is 0. The van der Waals surface area contributed by atoms with Crippen molar-refractivity contribution in [2.45, 2.75) is 45.6 Å². The summed E-state index contributed by atoms with van der Waals surface area (Å²) in [5.41, 5.74) is 0.945. The number of aliphatic imine (C=N–C) groups is 1. The summed E-state index contributed by atoms with van der Waals surface area (Å²) < 4.78 is 10.4. The monoisotopic (exact) mass is 363 g/mol. The van der Waals surface area contributed by atoms with E-state index in [1.807, 2.05) is 0 Å². The van der Waals surface area contributed by atoms with E-state index < -0.39 is 0 Å². The Kier molecular flexibility index (Phi) is 7.88. The van der Waals surface area contributed by atoms with Crippen molar-refractivity contribution in [1.82, 2.24) is 10.6 Å². The standard InChI is InChI=1S/C20H33N3O3/c1-14-6-5-7-15(10-14)8-9-22-20(21-2)23-13-16-11-17(25-3)19(24)18(12-16)26-4/h11-12,14-15,24H,5-10,13H2,1-4H3,(H2,21,22,23). The van der Waals surface area contributed by atoms with Gasteiger partial charge >= 0.3 is 0 Å². The fourth-order valence-electron chi connectivity index (χ4n) is 3.67. The number of hydrogen-bond acceptors (Lipinski definition) is 4. The molecule has 146 valence electrons. The second kappa shape index (κ2) is 10.1. The molecule has 1 fully saturated rings. The van der Waals surface area contributed by atoms with E-state index in [9.17, 15) is 5.11 Å². The first-order valence-corrected chi connectivity index (χ1v) is 9.45. The molecule has 26 heavy (non-hydrogen) atoms. The van der Waals surface area contributed by atoms with E-state index in [4.69, 9.17) is 9.47 Å². The van der Waals surface area contributed by atoms with Crippen LogP contribution in [-0.2, 0) is 6.54 Å². The van der Waals surface area contributed by atoms with E-state index >= 15 is 0 Å². The lowest BCUT2D eigenvalue weighted by Gasteiger charge is -2.26. The number of nitrogens with zero attached hydrogens (tertiary/aromatic N) is 1. The maximum absolute atomic E-state index is 9.99. The van der Waals surface area contributed by atoms with Gasteiger partial charge in [0.2, 0.25) is 5.75 Å². The van der Waals surface area contributed by atoms with Crippen molar-refractivity contribution in [1.29, 1.82) is 0 Å². The highest BCUT2D eigenvalue weighted by atomic mass is 16.5. The summed E-state index contributed by atoms with van der Waals surface area (Å²) in [6, 6.07) is 3.59. The summed E-state index contributed by atoms with van der Waals surface area (Å²) in [7, 11) is 4.83. The topological polar surface area (TPSA) is 75.1 Å². The maximum atomic E-state index is 9.99. The molecule has 2 rings (SSSR count). The second-order valence-electron chi connectivity index (χ2n) is 7.13. The first kappa shape index (κ1) is 20.2. The number of guanidine groups is 1. The Bertz CT molecular complexity index is 579. The number of ether oxygens (including phenoxy) is 2. The Morgan fingerprint density at radius 1 is 1.19 bits per heavy atom. The van der Waals surface area contributed by atoms with Crippen molar-refractivity contribution in [2.24, 2.45) is 16.8 Å². The molecule has 1 saturated carbocycles. The summed E-state index contributed by atoms with van der Waals surface area (Å²) in [6.07, 6.45) is 6.63. The van der Waals surface area contributed by atoms with E-state index in [0.29, 0.717) is 18.0 Å². The van der Waals surface area contributed by atoms with E-state index in [2.05, 4.69) is 22.5 Å². The fourth-order valence-corrected chi connectivity index (χ4v) is 3.67. The van der Waals surface area contributed by atoms with Crippen LogP contribution in [0.25, 0.3) is 0 Å². The Balaban J connectivity index is 1.83. The van der Waals surface area contributed by atoms with Crippen LogP contribution in [0.4, 0.5) is 0 Å². The SMILES string of the molecule is CN=C(NCCC1CCCC(C)C1)NCc1cc(OC)c(O)c(OC)c1. The Morgan fingerprint density at radius 3 is 2.46 bits per heavy atom. The smallest absolute Gasteiger partial charge is 0.200 e. The number of nitrogens with one attached hydrogen (secondary N) is 2. The molecular formula is C20H33N3O3. The third-order valence-corrected chi connectivity index (χ3v) is 5.11. The summed E-state index contributed by atoms with van der Waals surface area (Å²) in [4.78, 5) is 4.29. The van der Waals surface area contributed by atoms with Gasteiger partial charge in [-0.3, -0.25) is 4.99 Å². The van der Waals surface area contributed by atoms with Gasteiger partial charge in [0.15, 0.2) is 17.5 Å². The van der Waals surface area contributed by atoms with Gasteiger partial charge in [-0.1, -0.05) is 26.2 Å². The van der Waals surface area contributed by atoms with Crippen LogP contribution in [0.3, 0.4) is 0 Å². The first-order valence-electron chi connectivity index (χ1n) is 9.45. The van der Waals surface area contributed by atoms with Crippen molar-refractivity contribution in [3.05, 3.63) is 17.7 Å². The van der Waals surface area contributed by atoms with Crippen LogP contribution in [0.2, 0.25) is 0 Å². The van der Waals surface area contributed by atoms with Gasteiger partial charge < -0.3 is 25.2 Å². The zero-order valence-corrected chi connectivity index (χ0v) is 16.5. The molecule has 1 aromatic rings. The van der Waals surface area contributed by atoms with Gasteiger partial charge in [-0.2, -0.15) is 0 Å². The molecule has 6 heteroatoms. The van der Waals surface area contributed by atoms with Crippen LogP contribution in [0.15, 0.2) is 17.1 Å². The Labute approximate surface area is 157 Å². The van der Waals surface area contributed by atoms with Crippen LogP contribution < -0.4 is 20.1 Å². The van der Waals surface area contributed by atoms with Gasteiger partial charge in [-0.05, 0) is 42.4 Å². The van der Waals surface area contributed by atoms with Crippen LogP contribution in [0.5, 0.6) is 17.2 Å². The predicted molar refractivity (Wildman–Crippen MR) is 105 cm³/mol. The molecule has 0 heterocycles. The molecule has 1 aliphatic rings. The average Bonchev–Trinajstić information content (AvgIpc) is 2.65. The van der Waals surface area contributed by atoms with E-state index in [1.165, 1.54) is 46.3 Å². The Morgan fingerprint density at radius 2 is 1.88 bits per heavy atom. The molecule has 6 nitrogen and oxygen atoms in total. The van der Waals surface area contributed by atoms with Crippen LogP contribution in [0.1, 0.15) is 44.6 Å². The molecule has 0 spiro atoms. The number of phenols is 1. The number of benzene rings is 1. The van der Waals surface area contributed by atoms with E-state index in [1.54, 1.807) is 19.2 Å². The zero-order chi connectivity index (χ0) is 18.9. The van der Waals surface area contributed by atoms with E-state index in [0.717, 1.165) is 29.9 Å². The maximum Gasteiger partial charge on any atom is 0.200 e. The molecule has 3 N–H and O–H groups in total. The normalized spacial score (nSPS) is 20.5. The lowest BCUT2D eigenvalue weighted by molar-refractivity contribution is 0.270. The molecule has 2 atom stereocenters. The molecule has 0 saturated heterocycles. The third-order valence-electron chi connectivity index (χ3n) is 5.11. The molecule has 0 bridgehead atoms. The highest BCUT2D eigenvalue weighted by molar-refractivity contribution is 5.79. The minimum Gasteiger partial charge on any atom is -0.502 e. The highest BCUT2D eigenvalue weighted by Gasteiger charge is 2.18. The fraction of sp³-hybridized carbons (Fsp3) is 0.650.